The Hall–Kier alpha value is -0.770. The van der Waals surface area contributed by atoms with Crippen molar-refractivity contribution in [2.75, 3.05) is 27.2 Å². The maximum absolute atomic E-state index is 5.86. The van der Waals surface area contributed by atoms with Gasteiger partial charge in [0.2, 0.25) is 0 Å². The monoisotopic (exact) mass is 224 g/mol. The molecule has 16 heavy (non-hydrogen) atoms. The highest BCUT2D eigenvalue weighted by Gasteiger charge is 2.44. The van der Waals surface area contributed by atoms with E-state index in [-0.39, 0.29) is 0 Å². The number of nitrogens with one attached hydrogen (secondary N) is 1. The van der Waals surface area contributed by atoms with E-state index in [4.69, 9.17) is 5.73 Å². The van der Waals surface area contributed by atoms with Gasteiger partial charge in [0.1, 0.15) is 0 Å². The minimum Gasteiger partial charge on any atom is -0.370 e. The van der Waals surface area contributed by atoms with E-state index in [1.165, 1.54) is 32.1 Å². The van der Waals surface area contributed by atoms with Crippen LogP contribution in [0.4, 0.5) is 0 Å². The Morgan fingerprint density at radius 3 is 2.56 bits per heavy atom. The Kier molecular flexibility index (Phi) is 3.38. The lowest BCUT2D eigenvalue weighted by Crippen LogP contribution is -2.39. The Bertz CT molecular complexity index is 264. The molecule has 0 unspecified atom stereocenters. The number of aliphatic imine (C=N–C) groups is 1. The predicted molar refractivity (Wildman–Crippen MR) is 67.5 cm³/mol. The molecule has 0 radical (unpaired) electrons. The fourth-order valence-electron chi connectivity index (χ4n) is 2.13. The molecule has 2 aliphatic rings. The number of hydrogen-bond donors (Lipinski definition) is 2. The van der Waals surface area contributed by atoms with Crippen LogP contribution < -0.4 is 11.1 Å². The topological polar surface area (TPSA) is 53.6 Å². The second-order valence-electron chi connectivity index (χ2n) is 5.50. The van der Waals surface area contributed by atoms with Crippen LogP contribution in [0.2, 0.25) is 0 Å². The molecule has 2 fully saturated rings. The van der Waals surface area contributed by atoms with Crippen LogP contribution in [0, 0.1) is 5.92 Å². The van der Waals surface area contributed by atoms with Crippen molar-refractivity contribution in [3.8, 4) is 0 Å². The third kappa shape index (κ3) is 2.67. The van der Waals surface area contributed by atoms with Gasteiger partial charge in [-0.1, -0.05) is 6.42 Å². The first kappa shape index (κ1) is 11.7. The maximum atomic E-state index is 5.86. The van der Waals surface area contributed by atoms with Gasteiger partial charge in [0, 0.05) is 12.1 Å². The average Bonchev–Trinajstić information content (AvgIpc) is 2.93. The lowest BCUT2D eigenvalue weighted by molar-refractivity contribution is 0.278. The quantitative estimate of drug-likeness (QED) is 0.536. The molecule has 0 spiro atoms. The highest BCUT2D eigenvalue weighted by Crippen LogP contribution is 2.40. The van der Waals surface area contributed by atoms with Crippen LogP contribution in [0.3, 0.4) is 0 Å². The molecule has 4 nitrogen and oxygen atoms in total. The van der Waals surface area contributed by atoms with Gasteiger partial charge in [-0.2, -0.15) is 0 Å². The third-order valence-corrected chi connectivity index (χ3v) is 4.12. The molecular formula is C12H24N4. The Morgan fingerprint density at radius 1 is 1.44 bits per heavy atom. The van der Waals surface area contributed by atoms with E-state index < -0.39 is 0 Å². The van der Waals surface area contributed by atoms with E-state index in [2.05, 4.69) is 29.3 Å². The SMILES string of the molecule is CN(C)C1(CN=C(N)NCC2CCC2)CC1. The zero-order valence-electron chi connectivity index (χ0n) is 10.5. The molecule has 0 bridgehead atoms. The summed E-state index contributed by atoms with van der Waals surface area (Å²) < 4.78 is 0. The molecular weight excluding hydrogens is 200 g/mol. The van der Waals surface area contributed by atoms with E-state index in [9.17, 15) is 0 Å². The summed E-state index contributed by atoms with van der Waals surface area (Å²) in [6, 6.07) is 0. The normalized spacial score (nSPS) is 24.3. The summed E-state index contributed by atoms with van der Waals surface area (Å²) in [6.07, 6.45) is 6.58. The van der Waals surface area contributed by atoms with Crippen LogP contribution in [0.25, 0.3) is 0 Å². The summed E-state index contributed by atoms with van der Waals surface area (Å²) in [5.74, 6) is 1.46. The van der Waals surface area contributed by atoms with Crippen molar-refractivity contribution in [1.29, 1.82) is 0 Å². The van der Waals surface area contributed by atoms with E-state index >= 15 is 0 Å². The lowest BCUT2D eigenvalue weighted by Gasteiger charge is -2.26. The smallest absolute Gasteiger partial charge is 0.188 e. The third-order valence-electron chi connectivity index (χ3n) is 4.12. The highest BCUT2D eigenvalue weighted by atomic mass is 15.2. The Balaban J connectivity index is 1.69. The van der Waals surface area contributed by atoms with Gasteiger partial charge in [0.05, 0.1) is 6.54 Å². The van der Waals surface area contributed by atoms with E-state index in [0.717, 1.165) is 19.0 Å². The van der Waals surface area contributed by atoms with Crippen LogP contribution in [0.5, 0.6) is 0 Å². The summed E-state index contributed by atoms with van der Waals surface area (Å²) in [7, 11) is 4.25. The highest BCUT2D eigenvalue weighted by molar-refractivity contribution is 5.77. The zero-order valence-corrected chi connectivity index (χ0v) is 10.5. The molecule has 2 saturated carbocycles. The Labute approximate surface area is 98.3 Å². The predicted octanol–water partition coefficient (Wildman–Crippen LogP) is 0.785. The summed E-state index contributed by atoms with van der Waals surface area (Å²) in [5, 5.41) is 3.23. The van der Waals surface area contributed by atoms with Crippen LogP contribution in [-0.4, -0.2) is 43.6 Å². The van der Waals surface area contributed by atoms with Gasteiger partial charge in [0.15, 0.2) is 5.96 Å². The van der Waals surface area contributed by atoms with Gasteiger partial charge >= 0.3 is 0 Å². The first-order valence-electron chi connectivity index (χ1n) is 6.34. The second-order valence-corrected chi connectivity index (χ2v) is 5.50. The number of likely N-dealkylation sites (N-methyl/N-ethyl adjacent to an activating group) is 1. The number of hydrogen-bond acceptors (Lipinski definition) is 2. The van der Waals surface area contributed by atoms with Gasteiger partial charge in [-0.3, -0.25) is 4.99 Å². The summed E-state index contributed by atoms with van der Waals surface area (Å²) in [6.45, 7) is 1.84. The minimum absolute atomic E-state index is 0.308. The van der Waals surface area contributed by atoms with Crippen molar-refractivity contribution in [3.05, 3.63) is 0 Å². The molecule has 0 aliphatic heterocycles. The molecule has 0 heterocycles. The van der Waals surface area contributed by atoms with E-state index in [0.29, 0.717) is 11.5 Å². The largest absolute Gasteiger partial charge is 0.370 e. The van der Waals surface area contributed by atoms with Gasteiger partial charge < -0.3 is 16.0 Å². The molecule has 2 aliphatic carbocycles. The summed E-state index contributed by atoms with van der Waals surface area (Å²) in [5.41, 5.74) is 6.16. The van der Waals surface area contributed by atoms with Crippen LogP contribution >= 0.6 is 0 Å². The van der Waals surface area contributed by atoms with Crippen molar-refractivity contribution >= 4 is 5.96 Å². The van der Waals surface area contributed by atoms with Gasteiger partial charge in [0.25, 0.3) is 0 Å². The van der Waals surface area contributed by atoms with Crippen molar-refractivity contribution in [3.63, 3.8) is 0 Å². The van der Waals surface area contributed by atoms with Crippen molar-refractivity contribution in [2.24, 2.45) is 16.6 Å². The number of nitrogens with zero attached hydrogens (tertiary/aromatic N) is 2. The fourth-order valence-corrected chi connectivity index (χ4v) is 2.13. The molecule has 0 amide bonds. The molecule has 3 N–H and O–H groups in total. The molecule has 0 saturated heterocycles. The Morgan fingerprint density at radius 2 is 2.12 bits per heavy atom. The van der Waals surface area contributed by atoms with Gasteiger partial charge in [-0.15, -0.1) is 0 Å². The first-order chi connectivity index (χ1) is 7.62. The van der Waals surface area contributed by atoms with E-state index in [1.807, 2.05) is 0 Å². The first-order valence-corrected chi connectivity index (χ1v) is 6.34. The number of guanidine groups is 1. The fraction of sp³-hybridized carbons (Fsp3) is 0.917. The summed E-state index contributed by atoms with van der Waals surface area (Å²) >= 11 is 0. The van der Waals surface area contributed by atoms with Gasteiger partial charge in [-0.05, 0) is 45.7 Å². The molecule has 0 aromatic heterocycles. The zero-order chi connectivity index (χ0) is 11.6. The minimum atomic E-state index is 0.308. The molecule has 0 aromatic carbocycles. The molecule has 92 valence electrons. The number of rotatable bonds is 5. The molecule has 4 heteroatoms. The van der Waals surface area contributed by atoms with Crippen molar-refractivity contribution in [1.82, 2.24) is 10.2 Å². The van der Waals surface area contributed by atoms with Crippen molar-refractivity contribution < 1.29 is 0 Å². The second kappa shape index (κ2) is 4.62. The molecule has 2 rings (SSSR count). The lowest BCUT2D eigenvalue weighted by atomic mass is 9.85. The van der Waals surface area contributed by atoms with Crippen LogP contribution in [0.1, 0.15) is 32.1 Å². The van der Waals surface area contributed by atoms with Gasteiger partial charge in [-0.25, -0.2) is 0 Å². The average molecular weight is 224 g/mol. The van der Waals surface area contributed by atoms with Crippen LogP contribution in [-0.2, 0) is 0 Å². The maximum Gasteiger partial charge on any atom is 0.188 e. The molecule has 0 atom stereocenters. The standard InChI is InChI=1S/C12H24N4/c1-16(2)12(6-7-12)9-15-11(13)14-8-10-4-3-5-10/h10H,3-9H2,1-2H3,(H3,13,14,15). The van der Waals surface area contributed by atoms with E-state index in [1.54, 1.807) is 0 Å². The van der Waals surface area contributed by atoms with Crippen LogP contribution in [0.15, 0.2) is 4.99 Å². The summed E-state index contributed by atoms with van der Waals surface area (Å²) in [4.78, 5) is 6.73. The molecule has 0 aromatic rings. The number of nitrogens with two attached hydrogens (primary N) is 1. The van der Waals surface area contributed by atoms with Crippen molar-refractivity contribution in [2.45, 2.75) is 37.6 Å².